The molecule has 0 unspecified atom stereocenters. The van der Waals surface area contributed by atoms with Crippen LogP contribution in [0.25, 0.3) is 0 Å². The lowest BCUT2D eigenvalue weighted by Crippen LogP contribution is -2.30. The second-order valence-corrected chi connectivity index (χ2v) is 9.43. The van der Waals surface area contributed by atoms with Gasteiger partial charge in [0.05, 0.1) is 13.0 Å². The van der Waals surface area contributed by atoms with Crippen LogP contribution < -0.4 is 4.74 Å². The zero-order valence-electron chi connectivity index (χ0n) is 15.6. The summed E-state index contributed by atoms with van der Waals surface area (Å²) in [5.41, 5.74) is 0.205. The zero-order valence-corrected chi connectivity index (χ0v) is 16.4. The molecule has 1 aliphatic heterocycles. The van der Waals surface area contributed by atoms with Gasteiger partial charge in [0.25, 0.3) is 5.91 Å². The van der Waals surface area contributed by atoms with E-state index >= 15 is 0 Å². The molecule has 2 aliphatic rings. The van der Waals surface area contributed by atoms with Gasteiger partial charge in [-0.2, -0.15) is 0 Å². The van der Waals surface area contributed by atoms with E-state index in [0.29, 0.717) is 12.5 Å². The minimum atomic E-state index is -3.79. The van der Waals surface area contributed by atoms with Crippen molar-refractivity contribution in [3.8, 4) is 5.75 Å². The number of rotatable bonds is 6. The molecule has 0 spiro atoms. The van der Waals surface area contributed by atoms with Crippen molar-refractivity contribution in [3.05, 3.63) is 23.8 Å². The van der Waals surface area contributed by atoms with Gasteiger partial charge < -0.3 is 14.7 Å². The number of aliphatic carboxylic acids is 1. The van der Waals surface area contributed by atoms with Gasteiger partial charge in [-0.1, -0.05) is 0 Å². The minimum Gasteiger partial charge on any atom is -0.495 e. The molecule has 0 radical (unpaired) electrons. The summed E-state index contributed by atoms with van der Waals surface area (Å²) in [6.45, 7) is 0.541. The monoisotopic (exact) mass is 396 g/mol. The number of amides is 1. The first kappa shape index (κ1) is 19.6. The molecular weight excluding hydrogens is 372 g/mol. The van der Waals surface area contributed by atoms with Crippen molar-refractivity contribution >= 4 is 21.9 Å². The second-order valence-electron chi connectivity index (χ2n) is 7.31. The van der Waals surface area contributed by atoms with Gasteiger partial charge in [0.1, 0.15) is 10.6 Å². The molecule has 0 aromatic heterocycles. The molecule has 1 aromatic carbocycles. The maximum Gasteiger partial charge on any atom is 0.308 e. The van der Waals surface area contributed by atoms with Crippen molar-refractivity contribution in [3.63, 3.8) is 0 Å². The van der Waals surface area contributed by atoms with E-state index in [0.717, 1.165) is 17.1 Å². The van der Waals surface area contributed by atoms with E-state index in [2.05, 4.69) is 0 Å². The summed E-state index contributed by atoms with van der Waals surface area (Å²) in [6.07, 6.45) is 2.01. The van der Waals surface area contributed by atoms with Crippen molar-refractivity contribution in [1.82, 2.24) is 9.21 Å². The van der Waals surface area contributed by atoms with Crippen molar-refractivity contribution < 1.29 is 27.9 Å². The van der Waals surface area contributed by atoms with Crippen LogP contribution in [0.5, 0.6) is 5.75 Å². The minimum absolute atomic E-state index is 0.0327. The first-order valence-electron chi connectivity index (χ1n) is 8.79. The lowest BCUT2D eigenvalue weighted by Gasteiger charge is -2.19. The molecule has 1 aromatic rings. The first-order valence-corrected chi connectivity index (χ1v) is 10.2. The Bertz CT molecular complexity index is 863. The number of benzene rings is 1. The molecular formula is C18H24N2O6S. The Kier molecular flexibility index (Phi) is 5.18. The van der Waals surface area contributed by atoms with Crippen LogP contribution in [-0.2, 0) is 14.8 Å². The molecule has 27 heavy (non-hydrogen) atoms. The van der Waals surface area contributed by atoms with E-state index in [4.69, 9.17) is 4.74 Å². The van der Waals surface area contributed by atoms with Gasteiger partial charge in [0.2, 0.25) is 10.0 Å². The van der Waals surface area contributed by atoms with E-state index < -0.39 is 21.9 Å². The summed E-state index contributed by atoms with van der Waals surface area (Å²) in [6, 6.07) is 4.26. The van der Waals surface area contributed by atoms with Gasteiger partial charge in [-0.05, 0) is 42.9 Å². The Morgan fingerprint density at radius 1 is 1.22 bits per heavy atom. The number of carbonyl (C=O) groups is 2. The smallest absolute Gasteiger partial charge is 0.308 e. The number of ether oxygens (including phenoxy) is 1. The summed E-state index contributed by atoms with van der Waals surface area (Å²) in [4.78, 5) is 25.9. The van der Waals surface area contributed by atoms with Crippen LogP contribution >= 0.6 is 0 Å². The third-order valence-corrected chi connectivity index (χ3v) is 7.20. The number of hydrogen-bond acceptors (Lipinski definition) is 5. The van der Waals surface area contributed by atoms with Crippen LogP contribution in [0.1, 0.15) is 23.2 Å². The summed E-state index contributed by atoms with van der Waals surface area (Å²) >= 11 is 0. The zero-order chi connectivity index (χ0) is 19.9. The quantitative estimate of drug-likeness (QED) is 0.773. The highest BCUT2D eigenvalue weighted by Gasteiger charge is 2.47. The molecule has 2 atom stereocenters. The molecule has 8 nitrogen and oxygen atoms in total. The molecule has 1 saturated carbocycles. The van der Waals surface area contributed by atoms with Crippen molar-refractivity contribution in [2.75, 3.05) is 34.3 Å². The predicted molar refractivity (Wildman–Crippen MR) is 97.1 cm³/mol. The van der Waals surface area contributed by atoms with Gasteiger partial charge >= 0.3 is 5.97 Å². The molecule has 2 fully saturated rings. The number of carboxylic acid groups (broad SMARTS) is 1. The highest BCUT2D eigenvalue weighted by atomic mass is 32.2. The number of carboxylic acids is 1. The molecule has 1 N–H and O–H groups in total. The lowest BCUT2D eigenvalue weighted by molar-refractivity contribution is -0.142. The fourth-order valence-corrected chi connectivity index (χ4v) is 4.72. The van der Waals surface area contributed by atoms with Crippen molar-refractivity contribution in [2.45, 2.75) is 17.7 Å². The van der Waals surface area contributed by atoms with Crippen LogP contribution in [0.2, 0.25) is 0 Å². The number of carbonyl (C=O) groups excluding carboxylic acids is 1. The molecule has 148 valence electrons. The summed E-state index contributed by atoms with van der Waals surface area (Å²) in [7, 11) is 0.379. The summed E-state index contributed by atoms with van der Waals surface area (Å²) < 4.78 is 31.3. The van der Waals surface area contributed by atoms with Crippen LogP contribution in [0.4, 0.5) is 0 Å². The molecule has 3 rings (SSSR count). The Morgan fingerprint density at radius 3 is 2.41 bits per heavy atom. The Balaban J connectivity index is 1.90. The van der Waals surface area contributed by atoms with Crippen molar-refractivity contribution in [1.29, 1.82) is 0 Å². The lowest BCUT2D eigenvalue weighted by atomic mass is 9.92. The molecule has 1 amide bonds. The number of sulfonamides is 1. The van der Waals surface area contributed by atoms with Gasteiger partial charge in [-0.15, -0.1) is 0 Å². The standard InChI is InChI=1S/C18H24N2O6S/c1-19(2)27(24,25)16-8-12(6-7-15(16)26-3)17(21)20-9-13(11-4-5-11)14(10-20)18(22)23/h6-8,11,13-14H,4-5,9-10H2,1-3H3,(H,22,23)/t13-,14+/m1/s1. The first-order chi connectivity index (χ1) is 12.7. The van der Waals surface area contributed by atoms with Gasteiger partial charge in [-0.25, -0.2) is 12.7 Å². The van der Waals surface area contributed by atoms with Gasteiger partial charge in [-0.3, -0.25) is 9.59 Å². The van der Waals surface area contributed by atoms with Crippen LogP contribution in [0.3, 0.4) is 0 Å². The molecule has 1 heterocycles. The molecule has 1 saturated heterocycles. The third kappa shape index (κ3) is 3.66. The third-order valence-electron chi connectivity index (χ3n) is 5.37. The Morgan fingerprint density at radius 2 is 1.89 bits per heavy atom. The number of methoxy groups -OCH3 is 1. The fourth-order valence-electron chi connectivity index (χ4n) is 3.65. The highest BCUT2D eigenvalue weighted by Crippen LogP contribution is 2.44. The van der Waals surface area contributed by atoms with Crippen LogP contribution in [0.15, 0.2) is 23.1 Å². The number of hydrogen-bond donors (Lipinski definition) is 1. The van der Waals surface area contributed by atoms with E-state index in [-0.39, 0.29) is 34.6 Å². The molecule has 1 aliphatic carbocycles. The van der Waals surface area contributed by atoms with Gasteiger partial charge in [0, 0.05) is 32.7 Å². The Labute approximate surface area is 158 Å². The average Bonchev–Trinajstić information content (AvgIpc) is 3.38. The van der Waals surface area contributed by atoms with E-state index in [9.17, 15) is 23.1 Å². The maximum atomic E-state index is 12.9. The maximum absolute atomic E-state index is 12.9. The Hall–Kier alpha value is -2.13. The van der Waals surface area contributed by atoms with E-state index in [1.807, 2.05) is 0 Å². The van der Waals surface area contributed by atoms with Gasteiger partial charge in [0.15, 0.2) is 0 Å². The normalized spacial score (nSPS) is 22.9. The topological polar surface area (TPSA) is 104 Å². The van der Waals surface area contributed by atoms with E-state index in [1.165, 1.54) is 44.3 Å². The number of likely N-dealkylation sites (tertiary alicyclic amines) is 1. The average molecular weight is 396 g/mol. The number of nitrogens with zero attached hydrogens (tertiary/aromatic N) is 2. The van der Waals surface area contributed by atoms with E-state index in [1.54, 1.807) is 0 Å². The SMILES string of the molecule is COc1ccc(C(=O)N2C[C@H](C(=O)O)[C@@H](C3CC3)C2)cc1S(=O)(=O)N(C)C. The summed E-state index contributed by atoms with van der Waals surface area (Å²) in [5.74, 6) is -1.32. The fraction of sp³-hybridized carbons (Fsp3) is 0.556. The summed E-state index contributed by atoms with van der Waals surface area (Å²) in [5, 5.41) is 9.47. The van der Waals surface area contributed by atoms with Crippen LogP contribution in [0, 0.1) is 17.8 Å². The van der Waals surface area contributed by atoms with Crippen molar-refractivity contribution in [2.24, 2.45) is 17.8 Å². The van der Waals surface area contributed by atoms with Crippen LogP contribution in [-0.4, -0.2) is 68.9 Å². The molecule has 9 heteroatoms. The second kappa shape index (κ2) is 7.12. The largest absolute Gasteiger partial charge is 0.495 e. The highest BCUT2D eigenvalue weighted by molar-refractivity contribution is 7.89. The molecule has 0 bridgehead atoms. The predicted octanol–water partition coefficient (Wildman–Crippen LogP) is 1.13.